The number of nitrogens with one attached hydrogen (secondary N) is 1. The number of amides is 3. The van der Waals surface area contributed by atoms with E-state index in [-0.39, 0.29) is 36.1 Å². The summed E-state index contributed by atoms with van der Waals surface area (Å²) in [5, 5.41) is 6.72. The number of pyridine rings is 1. The molecule has 18 heteroatoms. The number of nitrogens with zero attached hydrogens (tertiary/aromatic N) is 4. The molecule has 318 valence electrons. The van der Waals surface area contributed by atoms with Crippen LogP contribution in [0.15, 0.2) is 58.6 Å². The number of aromatic nitrogens is 1. The van der Waals surface area contributed by atoms with E-state index in [9.17, 15) is 32.5 Å². The molecule has 1 N–H and O–H groups in total. The molecular formula is C41H50F2N5O10P. The van der Waals surface area contributed by atoms with E-state index in [1.54, 1.807) is 58.6 Å². The molecule has 0 radical (unpaired) electrons. The molecule has 1 fully saturated rings. The van der Waals surface area contributed by atoms with E-state index < -0.39 is 83.5 Å². The number of phosphoric acid groups is 1. The van der Waals surface area contributed by atoms with Crippen LogP contribution in [0.3, 0.4) is 0 Å². The third-order valence-electron chi connectivity index (χ3n) is 9.96. The molecule has 4 heterocycles. The summed E-state index contributed by atoms with van der Waals surface area (Å²) in [5.74, 6) is -3.71. The molecule has 1 aromatic heterocycles. The predicted molar refractivity (Wildman–Crippen MR) is 212 cm³/mol. The zero-order chi connectivity index (χ0) is 43.2. The van der Waals surface area contributed by atoms with Crippen LogP contribution in [0.25, 0.3) is 0 Å². The fourth-order valence-corrected chi connectivity index (χ4v) is 9.15. The lowest BCUT2D eigenvalue weighted by atomic mass is 9.84. The molecule has 2 aromatic carbocycles. The summed E-state index contributed by atoms with van der Waals surface area (Å²) in [4.78, 5) is 65.0. The van der Waals surface area contributed by atoms with Crippen LogP contribution in [-0.2, 0) is 31.5 Å². The van der Waals surface area contributed by atoms with Crippen LogP contribution >= 0.6 is 7.82 Å². The number of benzene rings is 2. The molecule has 1 spiro atoms. The predicted octanol–water partition coefficient (Wildman–Crippen LogP) is 7.52. The molecule has 59 heavy (non-hydrogen) atoms. The van der Waals surface area contributed by atoms with Gasteiger partial charge in [0.25, 0.3) is 11.8 Å². The number of hydrogen-bond acceptors (Lipinski definition) is 11. The Kier molecular flexibility index (Phi) is 11.9. The maximum absolute atomic E-state index is 14.5. The van der Waals surface area contributed by atoms with Crippen molar-refractivity contribution in [1.29, 1.82) is 0 Å². The SMILES string of the molecule is CC1=NO[C@@]2(CC[C@H](C)N3CC2n2cc(C(=O)NCc4ccc(F)cc4F)c(=O)c(OC(=O)N(C)Cc4ccc(OP(=O)(OC(C)(C)C)OC(C)(C)C)cc4)c2C3=O)C1. The summed E-state index contributed by atoms with van der Waals surface area (Å²) in [5.41, 5.74) is -3.15. The number of carbonyl (C=O) groups excluding carboxylic acids is 3. The van der Waals surface area contributed by atoms with Crippen molar-refractivity contribution < 1.29 is 50.9 Å². The Morgan fingerprint density at radius 3 is 2.31 bits per heavy atom. The number of hydrogen-bond donors (Lipinski definition) is 1. The van der Waals surface area contributed by atoms with Gasteiger partial charge in [0.1, 0.15) is 22.9 Å². The molecule has 1 unspecified atom stereocenters. The van der Waals surface area contributed by atoms with Gasteiger partial charge < -0.3 is 33.8 Å². The minimum absolute atomic E-state index is 0.0364. The molecule has 3 aromatic rings. The molecule has 3 aliphatic heterocycles. The van der Waals surface area contributed by atoms with E-state index in [0.717, 1.165) is 16.7 Å². The second kappa shape index (κ2) is 16.1. The van der Waals surface area contributed by atoms with Crippen molar-refractivity contribution in [3.8, 4) is 11.5 Å². The fourth-order valence-electron chi connectivity index (χ4n) is 7.32. The zero-order valence-corrected chi connectivity index (χ0v) is 35.5. The first-order valence-corrected chi connectivity index (χ1v) is 20.7. The summed E-state index contributed by atoms with van der Waals surface area (Å²) in [6, 6.07) is 8.25. The first kappa shape index (κ1) is 43.5. The number of halogens is 2. The van der Waals surface area contributed by atoms with Gasteiger partial charge >= 0.3 is 13.9 Å². The van der Waals surface area contributed by atoms with Crippen LogP contribution in [0.1, 0.15) is 113 Å². The Morgan fingerprint density at radius 1 is 1.05 bits per heavy atom. The molecule has 6 rings (SSSR count). The van der Waals surface area contributed by atoms with Gasteiger partial charge in [0.2, 0.25) is 11.2 Å². The van der Waals surface area contributed by atoms with E-state index in [2.05, 4.69) is 10.5 Å². The van der Waals surface area contributed by atoms with Crippen molar-refractivity contribution in [3.05, 3.63) is 92.9 Å². The molecule has 0 saturated carbocycles. The Bertz CT molecular complexity index is 2270. The van der Waals surface area contributed by atoms with Crippen LogP contribution in [0, 0.1) is 11.6 Å². The van der Waals surface area contributed by atoms with Crippen LogP contribution in [0.2, 0.25) is 0 Å². The lowest BCUT2D eigenvalue weighted by Crippen LogP contribution is -2.52. The van der Waals surface area contributed by atoms with Crippen LogP contribution in [0.4, 0.5) is 13.6 Å². The summed E-state index contributed by atoms with van der Waals surface area (Å²) in [6.45, 7) is 13.7. The number of ether oxygens (including phenoxy) is 1. The van der Waals surface area contributed by atoms with Gasteiger partial charge in [-0.25, -0.2) is 18.1 Å². The summed E-state index contributed by atoms with van der Waals surface area (Å²) >= 11 is 0. The van der Waals surface area contributed by atoms with Gasteiger partial charge in [-0.05, 0) is 92.0 Å². The molecule has 3 atom stereocenters. The van der Waals surface area contributed by atoms with Gasteiger partial charge in [0.15, 0.2) is 11.3 Å². The normalized spacial score (nSPS) is 20.4. The molecular weight excluding hydrogens is 791 g/mol. The maximum Gasteiger partial charge on any atom is 0.531 e. The van der Waals surface area contributed by atoms with Gasteiger partial charge in [0, 0.05) is 57.0 Å². The average molecular weight is 842 g/mol. The minimum atomic E-state index is -4.08. The maximum atomic E-state index is 14.5. The smallest absolute Gasteiger partial charge is 0.404 e. The summed E-state index contributed by atoms with van der Waals surface area (Å²) < 4.78 is 66.1. The monoisotopic (exact) mass is 841 g/mol. The highest BCUT2D eigenvalue weighted by atomic mass is 31.2. The van der Waals surface area contributed by atoms with Crippen LogP contribution in [0.5, 0.6) is 11.5 Å². The second-order valence-corrected chi connectivity index (χ2v) is 18.7. The third kappa shape index (κ3) is 9.69. The first-order valence-electron chi connectivity index (χ1n) is 19.2. The molecule has 15 nitrogen and oxygen atoms in total. The van der Waals surface area contributed by atoms with E-state index in [4.69, 9.17) is 23.1 Å². The second-order valence-electron chi connectivity index (χ2n) is 17.2. The Balaban J connectivity index is 1.31. The molecule has 3 aliphatic rings. The molecule has 0 aliphatic carbocycles. The topological polar surface area (TPSA) is 167 Å². The fraction of sp³-hybridized carbons (Fsp3) is 0.488. The first-order chi connectivity index (χ1) is 27.5. The van der Waals surface area contributed by atoms with Gasteiger partial charge in [-0.1, -0.05) is 23.4 Å². The van der Waals surface area contributed by atoms with Gasteiger partial charge in [-0.2, -0.15) is 0 Å². The number of carbonyl (C=O) groups is 3. The van der Waals surface area contributed by atoms with Gasteiger partial charge in [-0.15, -0.1) is 0 Å². The van der Waals surface area contributed by atoms with E-state index in [1.165, 1.54) is 36.0 Å². The van der Waals surface area contributed by atoms with E-state index in [0.29, 0.717) is 30.9 Å². The summed E-state index contributed by atoms with van der Waals surface area (Å²) in [7, 11) is -2.66. The number of phosphoric ester groups is 1. The molecule has 2 bridgehead atoms. The number of oxime groups is 1. The highest BCUT2D eigenvalue weighted by Crippen LogP contribution is 2.55. The quantitative estimate of drug-likeness (QED) is 0.202. The number of rotatable bonds is 10. The van der Waals surface area contributed by atoms with Crippen molar-refractivity contribution in [2.24, 2.45) is 5.16 Å². The van der Waals surface area contributed by atoms with Crippen molar-refractivity contribution in [3.63, 3.8) is 0 Å². The zero-order valence-electron chi connectivity index (χ0n) is 34.6. The lowest BCUT2D eigenvalue weighted by Gasteiger charge is -2.42. The standard InChI is InChI=1S/C41H50F2N5O10P/c1-24-19-41(56-45-24)17-16-25(2)47-23-32(41)48-22-30(36(50)44-20-27-12-13-28(42)18-31(27)43)34(49)35(33(48)37(47)51)54-38(52)46(9)21-26-10-14-29(15-11-26)55-59(53,57-39(3,4)5)58-40(6,7)8/h10-15,18,22,25,32H,16-17,19-21,23H2,1-9H3,(H,44,50)/t25-,32?,41-/m0/s1. The molecule has 3 amide bonds. The highest BCUT2D eigenvalue weighted by molar-refractivity contribution is 7.49. The van der Waals surface area contributed by atoms with E-state index in [1.807, 2.05) is 13.8 Å². The van der Waals surface area contributed by atoms with Crippen molar-refractivity contribution in [1.82, 2.24) is 19.7 Å². The summed E-state index contributed by atoms with van der Waals surface area (Å²) in [6.07, 6.45) is 1.68. The van der Waals surface area contributed by atoms with Crippen molar-refractivity contribution >= 4 is 31.4 Å². The highest BCUT2D eigenvalue weighted by Gasteiger charge is 2.54. The van der Waals surface area contributed by atoms with Crippen molar-refractivity contribution in [2.45, 2.75) is 117 Å². The Hall–Kier alpha value is -5.12. The molecule has 1 saturated heterocycles. The lowest BCUT2D eigenvalue weighted by molar-refractivity contribution is -0.0655. The van der Waals surface area contributed by atoms with E-state index >= 15 is 0 Å². The van der Waals surface area contributed by atoms with Crippen molar-refractivity contribution in [2.75, 3.05) is 13.6 Å². The third-order valence-corrected chi connectivity index (χ3v) is 11.9. The average Bonchev–Trinajstić information content (AvgIpc) is 3.45. The van der Waals surface area contributed by atoms with Crippen LogP contribution < -0.4 is 20.0 Å². The van der Waals surface area contributed by atoms with Gasteiger partial charge in [0.05, 0.1) is 23.0 Å². The van der Waals surface area contributed by atoms with Gasteiger partial charge in [-0.3, -0.25) is 23.4 Å². The van der Waals surface area contributed by atoms with Crippen LogP contribution in [-0.4, -0.2) is 74.4 Å². The Morgan fingerprint density at radius 2 is 1.71 bits per heavy atom. The minimum Gasteiger partial charge on any atom is -0.404 e. The Labute approximate surface area is 341 Å². The number of fused-ring (bicyclic) bond motifs is 5. The largest absolute Gasteiger partial charge is 0.531 e.